The van der Waals surface area contributed by atoms with Crippen LogP contribution in [0.1, 0.15) is 10.6 Å². The highest BCUT2D eigenvalue weighted by Gasteiger charge is 2.33. The van der Waals surface area contributed by atoms with E-state index in [4.69, 9.17) is 11.3 Å². The standard InChI is InChI=1S/C20H14F3N3O3S2/c1-24-15-4-2-13(20(21,22)23)10-17(15)26-7-8-29-18-11-14(3-5-16(18)26)31(27,28)12-19-25-6-9-30-19/h2-6,9-11H,7-8,12H2. The molecule has 6 nitrogen and oxygen atoms in total. The first kappa shape index (κ1) is 21.1. The molecule has 2 heterocycles. The van der Waals surface area contributed by atoms with Crippen molar-refractivity contribution in [2.45, 2.75) is 16.8 Å². The van der Waals surface area contributed by atoms with E-state index in [1.54, 1.807) is 10.3 Å². The van der Waals surface area contributed by atoms with Gasteiger partial charge in [-0.1, -0.05) is 12.1 Å². The lowest BCUT2D eigenvalue weighted by atomic mass is 10.1. The summed E-state index contributed by atoms with van der Waals surface area (Å²) in [6.45, 7) is 7.66. The quantitative estimate of drug-likeness (QED) is 0.495. The number of nitrogens with zero attached hydrogens (tertiary/aromatic N) is 3. The molecule has 1 aromatic heterocycles. The number of benzene rings is 2. The number of anilines is 2. The molecule has 0 fully saturated rings. The maximum absolute atomic E-state index is 13.2. The molecule has 1 aliphatic heterocycles. The highest BCUT2D eigenvalue weighted by Crippen LogP contribution is 2.44. The van der Waals surface area contributed by atoms with E-state index in [1.807, 2.05) is 0 Å². The molecule has 0 saturated heterocycles. The minimum absolute atomic E-state index is 0.0257. The number of fused-ring (bicyclic) bond motifs is 1. The lowest BCUT2D eigenvalue weighted by Crippen LogP contribution is -2.29. The van der Waals surface area contributed by atoms with E-state index in [0.717, 1.165) is 18.2 Å². The molecule has 11 heteroatoms. The molecule has 0 amide bonds. The molecule has 0 bridgehead atoms. The van der Waals surface area contributed by atoms with Crippen molar-refractivity contribution in [2.24, 2.45) is 0 Å². The van der Waals surface area contributed by atoms with Crippen molar-refractivity contribution in [1.82, 2.24) is 4.98 Å². The Hall–Kier alpha value is -3.10. The topological polar surface area (TPSA) is 63.9 Å². The van der Waals surface area contributed by atoms with Gasteiger partial charge in [-0.25, -0.2) is 18.2 Å². The Morgan fingerprint density at radius 3 is 2.68 bits per heavy atom. The van der Waals surface area contributed by atoms with Crippen molar-refractivity contribution in [3.8, 4) is 5.75 Å². The van der Waals surface area contributed by atoms with Gasteiger partial charge in [-0.2, -0.15) is 13.2 Å². The first-order valence-corrected chi connectivity index (χ1v) is 11.5. The Kier molecular flexibility index (Phi) is 5.36. The van der Waals surface area contributed by atoms with E-state index in [-0.39, 0.29) is 40.9 Å². The number of rotatable bonds is 4. The molecule has 0 spiro atoms. The third-order valence-corrected chi connectivity index (χ3v) is 7.25. The van der Waals surface area contributed by atoms with E-state index in [0.29, 0.717) is 10.7 Å². The van der Waals surface area contributed by atoms with Crippen molar-refractivity contribution >= 4 is 38.2 Å². The Bertz CT molecular complexity index is 1270. The molecule has 160 valence electrons. The maximum Gasteiger partial charge on any atom is 0.416 e. The van der Waals surface area contributed by atoms with Crippen LogP contribution >= 0.6 is 11.3 Å². The second kappa shape index (κ2) is 7.86. The maximum atomic E-state index is 13.2. The summed E-state index contributed by atoms with van der Waals surface area (Å²) >= 11 is 1.23. The minimum atomic E-state index is -4.56. The summed E-state index contributed by atoms with van der Waals surface area (Å²) in [7, 11) is -3.69. The second-order valence-corrected chi connectivity index (χ2v) is 9.60. The van der Waals surface area contributed by atoms with Crippen molar-refractivity contribution in [1.29, 1.82) is 0 Å². The zero-order valence-corrected chi connectivity index (χ0v) is 17.4. The molecule has 31 heavy (non-hydrogen) atoms. The third-order valence-electron chi connectivity index (χ3n) is 4.66. The predicted octanol–water partition coefficient (Wildman–Crippen LogP) is 5.22. The van der Waals surface area contributed by atoms with Crippen LogP contribution in [0.2, 0.25) is 0 Å². The van der Waals surface area contributed by atoms with Crippen molar-refractivity contribution in [2.75, 3.05) is 18.1 Å². The molecule has 0 saturated carbocycles. The van der Waals surface area contributed by atoms with Gasteiger partial charge in [0.25, 0.3) is 0 Å². The smallest absolute Gasteiger partial charge is 0.416 e. The lowest BCUT2D eigenvalue weighted by molar-refractivity contribution is -0.137. The van der Waals surface area contributed by atoms with E-state index in [9.17, 15) is 21.6 Å². The number of halogens is 3. The first-order chi connectivity index (χ1) is 14.7. The van der Waals surface area contributed by atoms with Gasteiger partial charge in [-0.3, -0.25) is 0 Å². The zero-order chi connectivity index (χ0) is 22.2. The lowest BCUT2D eigenvalue weighted by Gasteiger charge is -2.32. The molecule has 0 atom stereocenters. The molecule has 4 rings (SSSR count). The molecule has 2 aromatic carbocycles. The summed E-state index contributed by atoms with van der Waals surface area (Å²) in [5, 5.41) is 2.13. The predicted molar refractivity (Wildman–Crippen MR) is 110 cm³/mol. The first-order valence-electron chi connectivity index (χ1n) is 8.93. The van der Waals surface area contributed by atoms with Crippen LogP contribution in [-0.4, -0.2) is 26.6 Å². The van der Waals surface area contributed by atoms with Crippen LogP contribution in [0.15, 0.2) is 52.9 Å². The summed E-state index contributed by atoms with van der Waals surface area (Å²) < 4.78 is 70.7. The Balaban J connectivity index is 1.74. The Morgan fingerprint density at radius 1 is 1.19 bits per heavy atom. The zero-order valence-electron chi connectivity index (χ0n) is 15.8. The largest absolute Gasteiger partial charge is 0.489 e. The molecular weight excluding hydrogens is 451 g/mol. The van der Waals surface area contributed by atoms with Gasteiger partial charge in [0.05, 0.1) is 29.3 Å². The van der Waals surface area contributed by atoms with Crippen molar-refractivity contribution < 1.29 is 26.3 Å². The van der Waals surface area contributed by atoms with Crippen LogP contribution < -0.4 is 9.64 Å². The second-order valence-electron chi connectivity index (χ2n) is 6.63. The SMILES string of the molecule is [C-]#[N+]c1ccc(C(F)(F)F)cc1N1CCOc2cc(S(=O)(=O)Cc3nccs3)ccc21. The number of hydrogen-bond acceptors (Lipinski definition) is 6. The average molecular weight is 465 g/mol. The molecule has 0 N–H and O–H groups in total. The van der Waals surface area contributed by atoms with Gasteiger partial charge in [0.2, 0.25) is 5.69 Å². The molecule has 0 unspecified atom stereocenters. The van der Waals surface area contributed by atoms with Gasteiger partial charge >= 0.3 is 6.18 Å². The summed E-state index contributed by atoms with van der Waals surface area (Å²) in [6.07, 6.45) is -3.04. The van der Waals surface area contributed by atoms with E-state index in [1.165, 1.54) is 35.7 Å². The number of aromatic nitrogens is 1. The third kappa shape index (κ3) is 4.22. The fourth-order valence-corrected chi connectivity index (χ4v) is 5.49. The normalized spacial score (nSPS) is 13.9. The fourth-order valence-electron chi connectivity index (χ4n) is 3.22. The summed E-state index contributed by atoms with van der Waals surface area (Å²) in [6, 6.07) is 7.15. The summed E-state index contributed by atoms with van der Waals surface area (Å²) in [4.78, 5) is 8.90. The van der Waals surface area contributed by atoms with Gasteiger partial charge in [-0.05, 0) is 18.2 Å². The molecule has 0 radical (unpaired) electrons. The Morgan fingerprint density at radius 2 is 2.00 bits per heavy atom. The Labute approximate surface area is 180 Å². The van der Waals surface area contributed by atoms with E-state index in [2.05, 4.69) is 9.83 Å². The fraction of sp³-hybridized carbons (Fsp3) is 0.200. The van der Waals surface area contributed by atoms with Gasteiger partial charge < -0.3 is 9.64 Å². The van der Waals surface area contributed by atoms with Crippen LogP contribution in [0, 0.1) is 6.57 Å². The number of sulfone groups is 1. The molecule has 0 aliphatic carbocycles. The van der Waals surface area contributed by atoms with Gasteiger partial charge in [0.15, 0.2) is 9.84 Å². The van der Waals surface area contributed by atoms with Gasteiger partial charge in [-0.15, -0.1) is 11.3 Å². The number of thiazole rings is 1. The van der Waals surface area contributed by atoms with Crippen LogP contribution in [-0.2, 0) is 21.8 Å². The van der Waals surface area contributed by atoms with E-state index >= 15 is 0 Å². The average Bonchev–Trinajstić information content (AvgIpc) is 3.24. The van der Waals surface area contributed by atoms with Crippen molar-refractivity contribution in [3.05, 3.63) is 70.0 Å². The molecule has 1 aliphatic rings. The van der Waals surface area contributed by atoms with Crippen LogP contribution in [0.4, 0.5) is 30.2 Å². The summed E-state index contributed by atoms with van der Waals surface area (Å²) in [5.41, 5.74) is -0.330. The summed E-state index contributed by atoms with van der Waals surface area (Å²) in [5.74, 6) is -0.0392. The number of ether oxygens (including phenoxy) is 1. The van der Waals surface area contributed by atoms with Gasteiger partial charge in [0.1, 0.15) is 23.1 Å². The number of alkyl halides is 3. The van der Waals surface area contributed by atoms with Gasteiger partial charge in [0, 0.05) is 23.3 Å². The van der Waals surface area contributed by atoms with Crippen molar-refractivity contribution in [3.63, 3.8) is 0 Å². The highest BCUT2D eigenvalue weighted by atomic mass is 32.2. The highest BCUT2D eigenvalue weighted by molar-refractivity contribution is 7.90. The molecule has 3 aromatic rings. The number of hydrogen-bond donors (Lipinski definition) is 0. The molecular formula is C20H14F3N3O3S2. The monoisotopic (exact) mass is 465 g/mol. The van der Waals surface area contributed by atoms with Crippen LogP contribution in [0.25, 0.3) is 4.85 Å². The van der Waals surface area contributed by atoms with Crippen LogP contribution in [0.3, 0.4) is 0 Å². The van der Waals surface area contributed by atoms with Crippen LogP contribution in [0.5, 0.6) is 5.75 Å². The minimum Gasteiger partial charge on any atom is -0.489 e. The van der Waals surface area contributed by atoms with E-state index < -0.39 is 21.6 Å².